The van der Waals surface area contributed by atoms with Crippen LogP contribution in [0.5, 0.6) is 0 Å². The van der Waals surface area contributed by atoms with Gasteiger partial charge in [0.1, 0.15) is 0 Å². The highest BCUT2D eigenvalue weighted by Crippen LogP contribution is 2.15. The molecular formula is C13H24N2S. The monoisotopic (exact) mass is 240 g/mol. The maximum atomic E-state index is 6.29. The Morgan fingerprint density at radius 2 is 2.19 bits per heavy atom. The van der Waals surface area contributed by atoms with Gasteiger partial charge in [0.2, 0.25) is 0 Å². The van der Waals surface area contributed by atoms with Crippen LogP contribution in [-0.2, 0) is 6.54 Å². The van der Waals surface area contributed by atoms with Crippen LogP contribution >= 0.6 is 11.3 Å². The molecule has 2 N–H and O–H groups in total. The van der Waals surface area contributed by atoms with E-state index in [0.29, 0.717) is 0 Å². The molecule has 1 unspecified atom stereocenters. The van der Waals surface area contributed by atoms with E-state index in [-0.39, 0.29) is 5.54 Å². The molecule has 1 aromatic heterocycles. The Hall–Kier alpha value is -0.380. The van der Waals surface area contributed by atoms with Crippen molar-refractivity contribution in [3.05, 3.63) is 22.4 Å². The summed E-state index contributed by atoms with van der Waals surface area (Å²) in [5.74, 6) is 0. The molecule has 3 heteroatoms. The molecule has 0 saturated carbocycles. The van der Waals surface area contributed by atoms with E-state index in [4.69, 9.17) is 5.73 Å². The summed E-state index contributed by atoms with van der Waals surface area (Å²) in [4.78, 5) is 3.86. The van der Waals surface area contributed by atoms with Gasteiger partial charge < -0.3 is 5.73 Å². The Morgan fingerprint density at radius 3 is 2.69 bits per heavy atom. The van der Waals surface area contributed by atoms with Crippen LogP contribution in [0.2, 0.25) is 0 Å². The van der Waals surface area contributed by atoms with E-state index < -0.39 is 0 Å². The van der Waals surface area contributed by atoms with Crippen molar-refractivity contribution in [1.29, 1.82) is 0 Å². The Kier molecular flexibility index (Phi) is 5.46. The molecule has 0 spiro atoms. The van der Waals surface area contributed by atoms with Gasteiger partial charge in [-0.1, -0.05) is 26.3 Å². The van der Waals surface area contributed by atoms with Crippen molar-refractivity contribution in [2.45, 2.75) is 45.7 Å². The average molecular weight is 240 g/mol. The minimum Gasteiger partial charge on any atom is -0.324 e. The lowest BCUT2D eigenvalue weighted by Gasteiger charge is -2.31. The van der Waals surface area contributed by atoms with Crippen molar-refractivity contribution in [2.24, 2.45) is 5.73 Å². The van der Waals surface area contributed by atoms with E-state index in [2.05, 4.69) is 43.2 Å². The smallest absolute Gasteiger partial charge is 0.0328 e. The molecule has 0 aliphatic rings. The van der Waals surface area contributed by atoms with E-state index in [9.17, 15) is 0 Å². The van der Waals surface area contributed by atoms with E-state index in [1.807, 2.05) is 11.3 Å². The largest absolute Gasteiger partial charge is 0.324 e. The predicted octanol–water partition coefficient (Wildman–Crippen LogP) is 3.09. The SMILES string of the molecule is CCCC(C)(N)CN(CC)Cc1cccs1. The van der Waals surface area contributed by atoms with Crippen molar-refractivity contribution < 1.29 is 0 Å². The van der Waals surface area contributed by atoms with Crippen molar-refractivity contribution in [2.75, 3.05) is 13.1 Å². The molecule has 0 bridgehead atoms. The maximum Gasteiger partial charge on any atom is 0.0328 e. The molecule has 0 saturated heterocycles. The third-order valence-electron chi connectivity index (χ3n) is 2.81. The molecule has 0 fully saturated rings. The van der Waals surface area contributed by atoms with Gasteiger partial charge in [-0.2, -0.15) is 0 Å². The van der Waals surface area contributed by atoms with Gasteiger partial charge in [-0.15, -0.1) is 11.3 Å². The van der Waals surface area contributed by atoms with Crippen LogP contribution in [0.25, 0.3) is 0 Å². The number of nitrogens with zero attached hydrogens (tertiary/aromatic N) is 1. The first-order valence-electron chi connectivity index (χ1n) is 6.11. The van der Waals surface area contributed by atoms with E-state index in [1.165, 1.54) is 4.88 Å². The molecule has 16 heavy (non-hydrogen) atoms. The second-order valence-electron chi connectivity index (χ2n) is 4.79. The minimum absolute atomic E-state index is 0.0536. The summed E-state index contributed by atoms with van der Waals surface area (Å²) < 4.78 is 0. The van der Waals surface area contributed by atoms with Gasteiger partial charge in [0.15, 0.2) is 0 Å². The molecule has 0 aliphatic carbocycles. The van der Waals surface area contributed by atoms with Crippen molar-refractivity contribution in [3.63, 3.8) is 0 Å². The van der Waals surface area contributed by atoms with E-state index >= 15 is 0 Å². The van der Waals surface area contributed by atoms with Gasteiger partial charge >= 0.3 is 0 Å². The Morgan fingerprint density at radius 1 is 1.44 bits per heavy atom. The number of rotatable bonds is 7. The molecule has 2 nitrogen and oxygen atoms in total. The molecule has 92 valence electrons. The van der Waals surface area contributed by atoms with Crippen LogP contribution in [0.15, 0.2) is 17.5 Å². The predicted molar refractivity (Wildman–Crippen MR) is 72.8 cm³/mol. The molecule has 1 heterocycles. The van der Waals surface area contributed by atoms with E-state index in [1.54, 1.807) is 0 Å². The first-order valence-corrected chi connectivity index (χ1v) is 6.99. The number of hydrogen-bond donors (Lipinski definition) is 1. The van der Waals surface area contributed by atoms with Crippen molar-refractivity contribution >= 4 is 11.3 Å². The zero-order chi connectivity index (χ0) is 12.0. The quantitative estimate of drug-likeness (QED) is 0.793. The highest BCUT2D eigenvalue weighted by molar-refractivity contribution is 7.09. The fourth-order valence-electron chi connectivity index (χ4n) is 2.06. The Labute approximate surface area is 103 Å². The molecule has 0 amide bonds. The zero-order valence-electron chi connectivity index (χ0n) is 10.7. The number of likely N-dealkylation sites (N-methyl/N-ethyl adjacent to an activating group) is 1. The van der Waals surface area contributed by atoms with Gasteiger partial charge in [-0.25, -0.2) is 0 Å². The number of hydrogen-bond acceptors (Lipinski definition) is 3. The Balaban J connectivity index is 2.48. The lowest BCUT2D eigenvalue weighted by molar-refractivity contribution is 0.212. The topological polar surface area (TPSA) is 29.3 Å². The van der Waals surface area contributed by atoms with Gasteiger partial charge in [0, 0.05) is 23.5 Å². The first-order chi connectivity index (χ1) is 7.57. The summed E-state index contributed by atoms with van der Waals surface area (Å²) in [6, 6.07) is 4.31. The lowest BCUT2D eigenvalue weighted by Crippen LogP contribution is -2.47. The summed E-state index contributed by atoms with van der Waals surface area (Å²) in [5, 5.41) is 2.14. The fourth-order valence-corrected chi connectivity index (χ4v) is 2.81. The summed E-state index contributed by atoms with van der Waals surface area (Å²) >= 11 is 1.82. The Bertz CT molecular complexity index is 280. The first kappa shape index (κ1) is 13.7. The molecule has 1 rings (SSSR count). The molecule has 0 radical (unpaired) electrons. The van der Waals surface area contributed by atoms with Crippen LogP contribution < -0.4 is 5.73 Å². The van der Waals surface area contributed by atoms with Crippen LogP contribution in [0.1, 0.15) is 38.5 Å². The lowest BCUT2D eigenvalue weighted by atomic mass is 9.97. The van der Waals surface area contributed by atoms with Gasteiger partial charge in [-0.05, 0) is 31.3 Å². The van der Waals surface area contributed by atoms with Crippen molar-refractivity contribution in [3.8, 4) is 0 Å². The van der Waals surface area contributed by atoms with Crippen LogP contribution in [0.4, 0.5) is 0 Å². The third kappa shape index (κ3) is 4.64. The van der Waals surface area contributed by atoms with Crippen LogP contribution in [0, 0.1) is 0 Å². The molecular weight excluding hydrogens is 216 g/mol. The minimum atomic E-state index is -0.0536. The maximum absolute atomic E-state index is 6.29. The second kappa shape index (κ2) is 6.38. The molecule has 0 aliphatic heterocycles. The highest BCUT2D eigenvalue weighted by Gasteiger charge is 2.20. The van der Waals surface area contributed by atoms with Crippen LogP contribution in [0.3, 0.4) is 0 Å². The molecule has 1 aromatic rings. The normalized spacial score (nSPS) is 15.3. The average Bonchev–Trinajstić information content (AvgIpc) is 2.69. The molecule has 1 atom stereocenters. The number of nitrogens with two attached hydrogens (primary N) is 1. The van der Waals surface area contributed by atoms with Crippen molar-refractivity contribution in [1.82, 2.24) is 4.90 Å². The summed E-state index contributed by atoms with van der Waals surface area (Å²) in [6.45, 7) is 9.64. The highest BCUT2D eigenvalue weighted by atomic mass is 32.1. The zero-order valence-corrected chi connectivity index (χ0v) is 11.5. The summed E-state index contributed by atoms with van der Waals surface area (Å²) in [7, 11) is 0. The van der Waals surface area contributed by atoms with Gasteiger partial charge in [-0.3, -0.25) is 4.90 Å². The fraction of sp³-hybridized carbons (Fsp3) is 0.692. The summed E-state index contributed by atoms with van der Waals surface area (Å²) in [5.41, 5.74) is 6.24. The van der Waals surface area contributed by atoms with Gasteiger partial charge in [0.05, 0.1) is 0 Å². The van der Waals surface area contributed by atoms with Gasteiger partial charge in [0.25, 0.3) is 0 Å². The van der Waals surface area contributed by atoms with E-state index in [0.717, 1.165) is 32.5 Å². The number of thiophene rings is 1. The summed E-state index contributed by atoms with van der Waals surface area (Å²) in [6.07, 6.45) is 2.25. The van der Waals surface area contributed by atoms with Crippen LogP contribution in [-0.4, -0.2) is 23.5 Å². The molecule has 0 aromatic carbocycles. The third-order valence-corrected chi connectivity index (χ3v) is 3.67. The second-order valence-corrected chi connectivity index (χ2v) is 5.82. The standard InChI is InChI=1S/C13H24N2S/c1-4-8-13(3,14)11-15(5-2)10-12-7-6-9-16-12/h6-7,9H,4-5,8,10-11,14H2,1-3H3.